The molecule has 0 fully saturated rings. The summed E-state index contributed by atoms with van der Waals surface area (Å²) in [5, 5.41) is 23.2. The van der Waals surface area contributed by atoms with Gasteiger partial charge < -0.3 is 20.3 Å². The number of allylic oxidation sites excluding steroid dienone is 2. The smallest absolute Gasteiger partial charge is 0.305 e. The van der Waals surface area contributed by atoms with E-state index >= 15 is 0 Å². The molecule has 0 saturated carbocycles. The number of carbonyl (C=O) groups excluding carboxylic acids is 2. The second kappa shape index (κ2) is 62.1. The molecule has 0 bridgehead atoms. The van der Waals surface area contributed by atoms with Crippen molar-refractivity contribution in [3.05, 3.63) is 12.2 Å². The van der Waals surface area contributed by atoms with Crippen LogP contribution in [0.2, 0.25) is 0 Å². The van der Waals surface area contributed by atoms with Crippen molar-refractivity contribution in [1.82, 2.24) is 5.32 Å². The number of amides is 1. The van der Waals surface area contributed by atoms with Gasteiger partial charge in [0.1, 0.15) is 0 Å². The molecule has 6 nitrogen and oxygen atoms in total. The van der Waals surface area contributed by atoms with Crippen LogP contribution in [-0.2, 0) is 14.3 Å². The number of esters is 1. The van der Waals surface area contributed by atoms with Gasteiger partial charge in [0.15, 0.2) is 0 Å². The standard InChI is InChI=1S/C66H129NO5/c1-3-5-7-9-11-13-15-16-17-18-31-34-37-40-44-48-52-56-60-66(71)72-61-57-53-49-45-41-38-35-32-29-27-25-23-21-19-20-22-24-26-28-30-33-36-39-43-47-51-55-59-65(70)67-63(62-68)64(69)58-54-50-46-42-14-12-10-8-6-4-2/h17-18,63-64,68-69H,3-16,19-62H2,1-2H3,(H,67,70)/b18-17-. The minimum Gasteiger partial charge on any atom is -0.466 e. The van der Waals surface area contributed by atoms with Gasteiger partial charge in [-0.25, -0.2) is 0 Å². The average molecular weight is 1020 g/mol. The molecule has 0 aliphatic rings. The van der Waals surface area contributed by atoms with Crippen LogP contribution in [0, 0.1) is 0 Å². The molecule has 0 aliphatic heterocycles. The third-order valence-electron chi connectivity index (χ3n) is 15.6. The van der Waals surface area contributed by atoms with Crippen LogP contribution in [-0.4, -0.2) is 47.4 Å². The molecule has 2 atom stereocenters. The SMILES string of the molecule is CCCCCCCCC/C=C\CCCCCCCCCC(=O)OCCCCCCCCCCCCCCCCCCCCCCCCCCCCCC(=O)NC(CO)C(O)CCCCCCCCCCCC. The molecule has 0 radical (unpaired) electrons. The summed E-state index contributed by atoms with van der Waals surface area (Å²) in [5.74, 6) is -0.0163. The number of carbonyl (C=O) groups is 2. The third-order valence-corrected chi connectivity index (χ3v) is 15.6. The first-order valence-electron chi connectivity index (χ1n) is 32.9. The monoisotopic (exact) mass is 1020 g/mol. The summed E-state index contributed by atoms with van der Waals surface area (Å²) in [6, 6.07) is -0.537. The van der Waals surface area contributed by atoms with Gasteiger partial charge in [0.25, 0.3) is 0 Å². The van der Waals surface area contributed by atoms with E-state index < -0.39 is 12.1 Å². The summed E-state index contributed by atoms with van der Waals surface area (Å²) in [6.07, 6.45) is 75.4. The highest BCUT2D eigenvalue weighted by Gasteiger charge is 2.20. The van der Waals surface area contributed by atoms with Crippen LogP contribution >= 0.6 is 0 Å². The highest BCUT2D eigenvalue weighted by atomic mass is 16.5. The van der Waals surface area contributed by atoms with Crippen molar-refractivity contribution in [3.8, 4) is 0 Å². The van der Waals surface area contributed by atoms with Crippen molar-refractivity contribution in [1.29, 1.82) is 0 Å². The maximum atomic E-state index is 12.4. The average Bonchev–Trinajstić information content (AvgIpc) is 3.38. The van der Waals surface area contributed by atoms with E-state index in [-0.39, 0.29) is 18.5 Å². The van der Waals surface area contributed by atoms with Gasteiger partial charge in [0.05, 0.1) is 25.4 Å². The minimum atomic E-state index is -0.660. The molecule has 428 valence electrons. The summed E-state index contributed by atoms with van der Waals surface area (Å²) < 4.78 is 5.50. The van der Waals surface area contributed by atoms with E-state index in [2.05, 4.69) is 31.3 Å². The molecule has 0 rings (SSSR count). The Hall–Kier alpha value is -1.40. The summed E-state index contributed by atoms with van der Waals surface area (Å²) in [4.78, 5) is 24.5. The van der Waals surface area contributed by atoms with Crippen molar-refractivity contribution >= 4 is 11.9 Å². The lowest BCUT2D eigenvalue weighted by Crippen LogP contribution is -2.45. The Morgan fingerprint density at radius 3 is 0.986 bits per heavy atom. The minimum absolute atomic E-state index is 0.0158. The first-order chi connectivity index (χ1) is 35.5. The molecule has 0 saturated heterocycles. The zero-order valence-electron chi connectivity index (χ0n) is 48.9. The Labute approximate surface area is 450 Å². The fourth-order valence-electron chi connectivity index (χ4n) is 10.5. The van der Waals surface area contributed by atoms with Gasteiger partial charge in [0.2, 0.25) is 5.91 Å². The predicted octanol–water partition coefficient (Wildman–Crippen LogP) is 20.8. The maximum Gasteiger partial charge on any atom is 0.305 e. The lowest BCUT2D eigenvalue weighted by atomic mass is 10.0. The molecule has 2 unspecified atom stereocenters. The molecule has 0 heterocycles. The zero-order valence-corrected chi connectivity index (χ0v) is 48.9. The van der Waals surface area contributed by atoms with Crippen LogP contribution in [0.25, 0.3) is 0 Å². The van der Waals surface area contributed by atoms with Crippen molar-refractivity contribution in [3.63, 3.8) is 0 Å². The van der Waals surface area contributed by atoms with Crippen LogP contribution in [0.4, 0.5) is 0 Å². The molecular weight excluding hydrogens is 887 g/mol. The zero-order chi connectivity index (χ0) is 52.2. The number of aliphatic hydroxyl groups is 2. The Morgan fingerprint density at radius 1 is 0.375 bits per heavy atom. The van der Waals surface area contributed by atoms with E-state index in [0.717, 1.165) is 44.9 Å². The lowest BCUT2D eigenvalue weighted by molar-refractivity contribution is -0.143. The van der Waals surface area contributed by atoms with Crippen molar-refractivity contribution in [2.75, 3.05) is 13.2 Å². The predicted molar refractivity (Wildman–Crippen MR) is 315 cm³/mol. The first-order valence-corrected chi connectivity index (χ1v) is 32.9. The number of hydrogen-bond donors (Lipinski definition) is 3. The van der Waals surface area contributed by atoms with Gasteiger partial charge in [-0.2, -0.15) is 0 Å². The Balaban J connectivity index is 3.30. The van der Waals surface area contributed by atoms with E-state index in [1.165, 1.54) is 295 Å². The van der Waals surface area contributed by atoms with Crippen LogP contribution in [0.15, 0.2) is 12.2 Å². The van der Waals surface area contributed by atoms with E-state index in [1.54, 1.807) is 0 Å². The van der Waals surface area contributed by atoms with Crippen LogP contribution in [0.5, 0.6) is 0 Å². The lowest BCUT2D eigenvalue weighted by Gasteiger charge is -2.22. The van der Waals surface area contributed by atoms with Crippen molar-refractivity contribution < 1.29 is 24.5 Å². The highest BCUT2D eigenvalue weighted by molar-refractivity contribution is 5.76. The van der Waals surface area contributed by atoms with Crippen LogP contribution < -0.4 is 5.32 Å². The first kappa shape index (κ1) is 70.6. The Bertz CT molecular complexity index is 1080. The molecule has 0 aromatic heterocycles. The molecule has 0 aliphatic carbocycles. The number of unbranched alkanes of at least 4 members (excludes halogenated alkanes) is 49. The molecule has 0 spiro atoms. The van der Waals surface area contributed by atoms with Crippen LogP contribution in [0.1, 0.15) is 373 Å². The highest BCUT2D eigenvalue weighted by Crippen LogP contribution is 2.19. The van der Waals surface area contributed by atoms with Gasteiger partial charge in [-0.3, -0.25) is 9.59 Å². The van der Waals surface area contributed by atoms with E-state index in [0.29, 0.717) is 25.9 Å². The van der Waals surface area contributed by atoms with Gasteiger partial charge in [-0.05, 0) is 51.4 Å². The molecule has 6 heteroatoms. The summed E-state index contributed by atoms with van der Waals surface area (Å²) in [5.41, 5.74) is 0. The number of rotatable bonds is 62. The summed E-state index contributed by atoms with van der Waals surface area (Å²) in [7, 11) is 0. The normalized spacial score (nSPS) is 12.6. The van der Waals surface area contributed by atoms with Crippen molar-refractivity contribution in [2.24, 2.45) is 0 Å². The number of ether oxygens (including phenoxy) is 1. The molecule has 0 aromatic carbocycles. The van der Waals surface area contributed by atoms with E-state index in [1.807, 2.05) is 0 Å². The molecule has 3 N–H and O–H groups in total. The molecule has 0 aromatic rings. The number of nitrogens with one attached hydrogen (secondary N) is 1. The largest absolute Gasteiger partial charge is 0.466 e. The second-order valence-electron chi connectivity index (χ2n) is 22.8. The van der Waals surface area contributed by atoms with Gasteiger partial charge in [-0.1, -0.05) is 321 Å². The van der Waals surface area contributed by atoms with E-state index in [4.69, 9.17) is 4.74 Å². The fourth-order valence-corrected chi connectivity index (χ4v) is 10.5. The van der Waals surface area contributed by atoms with Gasteiger partial charge in [0, 0.05) is 12.8 Å². The quantitative estimate of drug-likeness (QED) is 0.0320. The molecule has 1 amide bonds. The third kappa shape index (κ3) is 57.9. The van der Waals surface area contributed by atoms with Gasteiger partial charge in [-0.15, -0.1) is 0 Å². The number of hydrogen-bond acceptors (Lipinski definition) is 5. The topological polar surface area (TPSA) is 95.9 Å². The number of aliphatic hydroxyl groups excluding tert-OH is 2. The molecule has 72 heavy (non-hydrogen) atoms. The Kier molecular flexibility index (Phi) is 60.9. The second-order valence-corrected chi connectivity index (χ2v) is 22.8. The van der Waals surface area contributed by atoms with Gasteiger partial charge >= 0.3 is 5.97 Å². The van der Waals surface area contributed by atoms with Crippen LogP contribution in [0.3, 0.4) is 0 Å². The summed E-state index contributed by atoms with van der Waals surface area (Å²) >= 11 is 0. The molecular formula is C66H129NO5. The fraction of sp³-hybridized carbons (Fsp3) is 0.939. The maximum absolute atomic E-state index is 12.4. The summed E-state index contributed by atoms with van der Waals surface area (Å²) in [6.45, 7) is 4.96. The van der Waals surface area contributed by atoms with Crippen molar-refractivity contribution in [2.45, 2.75) is 386 Å². The Morgan fingerprint density at radius 2 is 0.653 bits per heavy atom. The van der Waals surface area contributed by atoms with E-state index in [9.17, 15) is 19.8 Å².